The third-order valence-electron chi connectivity index (χ3n) is 4.28. The SMILES string of the molecule is COc1ccc(-c2cc(C(N)C(N)c3ccccc3)ncn2)cc1OC. The zero-order valence-electron chi connectivity index (χ0n) is 14.8. The highest BCUT2D eigenvalue weighted by Crippen LogP contribution is 2.32. The molecule has 0 fully saturated rings. The molecule has 0 aliphatic heterocycles. The van der Waals surface area contributed by atoms with E-state index in [-0.39, 0.29) is 6.04 Å². The van der Waals surface area contributed by atoms with Gasteiger partial charge in [-0.15, -0.1) is 0 Å². The normalized spacial score (nSPS) is 13.1. The highest BCUT2D eigenvalue weighted by atomic mass is 16.5. The van der Waals surface area contributed by atoms with E-state index in [9.17, 15) is 0 Å². The summed E-state index contributed by atoms with van der Waals surface area (Å²) >= 11 is 0. The van der Waals surface area contributed by atoms with Gasteiger partial charge < -0.3 is 20.9 Å². The van der Waals surface area contributed by atoms with Gasteiger partial charge in [-0.3, -0.25) is 0 Å². The van der Waals surface area contributed by atoms with Gasteiger partial charge in [0.15, 0.2) is 11.5 Å². The lowest BCUT2D eigenvalue weighted by molar-refractivity contribution is 0.355. The molecule has 3 aromatic rings. The first-order chi connectivity index (χ1) is 12.6. The van der Waals surface area contributed by atoms with Crippen molar-refractivity contribution in [2.45, 2.75) is 12.1 Å². The first-order valence-electron chi connectivity index (χ1n) is 8.24. The van der Waals surface area contributed by atoms with Crippen molar-refractivity contribution in [2.24, 2.45) is 11.5 Å². The van der Waals surface area contributed by atoms with Crippen LogP contribution < -0.4 is 20.9 Å². The summed E-state index contributed by atoms with van der Waals surface area (Å²) < 4.78 is 10.6. The molecule has 0 spiro atoms. The Bertz CT molecular complexity index is 871. The van der Waals surface area contributed by atoms with Crippen molar-refractivity contribution in [3.05, 3.63) is 72.2 Å². The van der Waals surface area contributed by atoms with Crippen LogP contribution in [0.3, 0.4) is 0 Å². The summed E-state index contributed by atoms with van der Waals surface area (Å²) in [4.78, 5) is 8.67. The molecule has 2 aromatic carbocycles. The lowest BCUT2D eigenvalue weighted by atomic mass is 9.97. The van der Waals surface area contributed by atoms with Crippen LogP contribution in [-0.4, -0.2) is 24.2 Å². The average molecular weight is 350 g/mol. The Kier molecular flexibility index (Phi) is 5.46. The Hall–Kier alpha value is -2.96. The van der Waals surface area contributed by atoms with Crippen molar-refractivity contribution in [2.75, 3.05) is 14.2 Å². The molecule has 0 bridgehead atoms. The van der Waals surface area contributed by atoms with E-state index in [1.54, 1.807) is 14.2 Å². The lowest BCUT2D eigenvalue weighted by Crippen LogP contribution is -2.27. The standard InChI is InChI=1S/C20H22N4O2/c1-25-17-9-8-14(10-18(17)26-2)15-11-16(24-12-23-15)20(22)19(21)13-6-4-3-5-7-13/h3-12,19-20H,21-22H2,1-2H3. The molecule has 0 amide bonds. The van der Waals surface area contributed by atoms with Crippen LogP contribution in [0.1, 0.15) is 23.3 Å². The number of benzene rings is 2. The Balaban J connectivity index is 1.91. The van der Waals surface area contributed by atoms with Gasteiger partial charge in [0.2, 0.25) is 0 Å². The fourth-order valence-electron chi connectivity index (χ4n) is 2.77. The van der Waals surface area contributed by atoms with Gasteiger partial charge in [-0.2, -0.15) is 0 Å². The van der Waals surface area contributed by atoms with Gasteiger partial charge >= 0.3 is 0 Å². The maximum Gasteiger partial charge on any atom is 0.161 e. The third kappa shape index (κ3) is 3.66. The van der Waals surface area contributed by atoms with E-state index >= 15 is 0 Å². The second-order valence-corrected chi connectivity index (χ2v) is 5.86. The Labute approximate surface area is 152 Å². The molecule has 0 aliphatic rings. The molecule has 0 saturated carbocycles. The number of methoxy groups -OCH3 is 2. The van der Waals surface area contributed by atoms with Crippen molar-refractivity contribution in [3.63, 3.8) is 0 Å². The molecule has 2 unspecified atom stereocenters. The highest BCUT2D eigenvalue weighted by Gasteiger charge is 2.19. The van der Waals surface area contributed by atoms with Crippen LogP contribution in [0.25, 0.3) is 11.3 Å². The van der Waals surface area contributed by atoms with Gasteiger partial charge in [0, 0.05) is 5.56 Å². The number of nitrogens with two attached hydrogens (primary N) is 2. The quantitative estimate of drug-likeness (QED) is 0.710. The number of aromatic nitrogens is 2. The van der Waals surface area contributed by atoms with Gasteiger partial charge in [-0.05, 0) is 29.8 Å². The van der Waals surface area contributed by atoms with Crippen molar-refractivity contribution >= 4 is 0 Å². The maximum absolute atomic E-state index is 6.36. The summed E-state index contributed by atoms with van der Waals surface area (Å²) in [6.07, 6.45) is 1.50. The summed E-state index contributed by atoms with van der Waals surface area (Å²) in [5.41, 5.74) is 15.9. The molecule has 0 saturated heterocycles. The van der Waals surface area contributed by atoms with Gasteiger partial charge in [0.05, 0.1) is 37.7 Å². The van der Waals surface area contributed by atoms with Crippen molar-refractivity contribution in [1.29, 1.82) is 0 Å². The maximum atomic E-state index is 6.36. The summed E-state index contributed by atoms with van der Waals surface area (Å²) in [6, 6.07) is 16.4. The Morgan fingerprint density at radius 1 is 0.808 bits per heavy atom. The molecule has 2 atom stereocenters. The molecule has 26 heavy (non-hydrogen) atoms. The Morgan fingerprint density at radius 2 is 1.54 bits per heavy atom. The predicted octanol–water partition coefficient (Wildman–Crippen LogP) is 2.86. The fourth-order valence-corrected chi connectivity index (χ4v) is 2.77. The monoisotopic (exact) mass is 350 g/mol. The smallest absolute Gasteiger partial charge is 0.161 e. The van der Waals surface area contributed by atoms with Crippen LogP contribution in [0.15, 0.2) is 60.9 Å². The molecule has 0 radical (unpaired) electrons. The van der Waals surface area contributed by atoms with Gasteiger partial charge in [-0.1, -0.05) is 30.3 Å². The number of rotatable bonds is 6. The van der Waals surface area contributed by atoms with Crippen LogP contribution in [0.4, 0.5) is 0 Å². The largest absolute Gasteiger partial charge is 0.493 e. The van der Waals surface area contributed by atoms with Gasteiger partial charge in [0.25, 0.3) is 0 Å². The van der Waals surface area contributed by atoms with Crippen LogP contribution >= 0.6 is 0 Å². The van der Waals surface area contributed by atoms with Crippen LogP contribution in [0.5, 0.6) is 11.5 Å². The van der Waals surface area contributed by atoms with Crippen molar-refractivity contribution in [1.82, 2.24) is 9.97 Å². The zero-order chi connectivity index (χ0) is 18.5. The molecule has 4 N–H and O–H groups in total. The minimum absolute atomic E-state index is 0.357. The molecule has 134 valence electrons. The molecular formula is C20H22N4O2. The third-order valence-corrected chi connectivity index (χ3v) is 4.28. The van der Waals surface area contributed by atoms with Crippen molar-refractivity contribution < 1.29 is 9.47 Å². The molecule has 6 heteroatoms. The molecule has 1 aromatic heterocycles. The van der Waals surface area contributed by atoms with E-state index in [1.165, 1.54) is 6.33 Å². The molecule has 0 aliphatic carbocycles. The second-order valence-electron chi connectivity index (χ2n) is 5.86. The van der Waals surface area contributed by atoms with E-state index in [0.717, 1.165) is 16.8 Å². The van der Waals surface area contributed by atoms with Gasteiger partial charge in [-0.25, -0.2) is 9.97 Å². The number of hydrogen-bond donors (Lipinski definition) is 2. The Morgan fingerprint density at radius 3 is 2.23 bits per heavy atom. The van der Waals surface area contributed by atoms with Crippen LogP contribution in [-0.2, 0) is 0 Å². The molecule has 6 nitrogen and oxygen atoms in total. The summed E-state index contributed by atoms with van der Waals surface area (Å²) in [6.45, 7) is 0. The van der Waals surface area contributed by atoms with E-state index < -0.39 is 6.04 Å². The van der Waals surface area contributed by atoms with Crippen LogP contribution in [0.2, 0.25) is 0 Å². The first-order valence-corrected chi connectivity index (χ1v) is 8.24. The van der Waals surface area contributed by atoms with Crippen molar-refractivity contribution in [3.8, 4) is 22.8 Å². The van der Waals surface area contributed by atoms with Gasteiger partial charge in [0.1, 0.15) is 6.33 Å². The lowest BCUT2D eigenvalue weighted by Gasteiger charge is -2.20. The summed E-state index contributed by atoms with van der Waals surface area (Å²) in [5.74, 6) is 1.30. The minimum atomic E-state index is -0.445. The van der Waals surface area contributed by atoms with E-state index in [0.29, 0.717) is 17.2 Å². The van der Waals surface area contributed by atoms with E-state index in [4.69, 9.17) is 20.9 Å². The molecule has 3 rings (SSSR count). The van der Waals surface area contributed by atoms with E-state index in [2.05, 4.69) is 9.97 Å². The summed E-state index contributed by atoms with van der Waals surface area (Å²) in [5, 5.41) is 0. The topological polar surface area (TPSA) is 96.3 Å². The van der Waals surface area contributed by atoms with Crippen LogP contribution in [0, 0.1) is 0 Å². The molecule has 1 heterocycles. The average Bonchev–Trinajstić information content (AvgIpc) is 2.72. The second kappa shape index (κ2) is 7.95. The molecular weight excluding hydrogens is 328 g/mol. The number of ether oxygens (including phenoxy) is 2. The zero-order valence-corrected chi connectivity index (χ0v) is 14.8. The minimum Gasteiger partial charge on any atom is -0.493 e. The highest BCUT2D eigenvalue weighted by molar-refractivity contribution is 5.64. The number of nitrogens with zero attached hydrogens (tertiary/aromatic N) is 2. The van der Waals surface area contributed by atoms with E-state index in [1.807, 2.05) is 54.6 Å². The summed E-state index contributed by atoms with van der Waals surface area (Å²) in [7, 11) is 3.20. The first kappa shape index (κ1) is 17.8. The fraction of sp³-hybridized carbons (Fsp3) is 0.200. The predicted molar refractivity (Wildman–Crippen MR) is 101 cm³/mol. The number of hydrogen-bond acceptors (Lipinski definition) is 6.